The molecule has 1 aliphatic heterocycles. The third-order valence-corrected chi connectivity index (χ3v) is 4.25. The topological polar surface area (TPSA) is 49.4 Å². The van der Waals surface area contributed by atoms with Crippen molar-refractivity contribution in [2.75, 3.05) is 13.1 Å². The minimum atomic E-state index is 0.0173. The van der Waals surface area contributed by atoms with Gasteiger partial charge in [-0.05, 0) is 39.2 Å². The normalized spacial score (nSPS) is 28.9. The molecule has 0 bridgehead atoms. The zero-order valence-electron chi connectivity index (χ0n) is 11.4. The van der Waals surface area contributed by atoms with Gasteiger partial charge >= 0.3 is 0 Å². The Morgan fingerprint density at radius 2 is 1.89 bits per heavy atom. The first kappa shape index (κ1) is 13.5. The Morgan fingerprint density at radius 1 is 1.28 bits per heavy atom. The fourth-order valence-corrected chi connectivity index (χ4v) is 3.29. The van der Waals surface area contributed by atoms with Crippen LogP contribution in [0.15, 0.2) is 0 Å². The third kappa shape index (κ3) is 2.58. The molecule has 4 nitrogen and oxygen atoms in total. The van der Waals surface area contributed by atoms with Crippen LogP contribution in [0.25, 0.3) is 0 Å². The van der Waals surface area contributed by atoms with Crippen LogP contribution >= 0.6 is 0 Å². The first-order valence-corrected chi connectivity index (χ1v) is 7.23. The molecular formula is C14H24N2O2. The van der Waals surface area contributed by atoms with Crippen LogP contribution in [-0.2, 0) is 9.59 Å². The first-order chi connectivity index (χ1) is 8.65. The highest BCUT2D eigenvalue weighted by Gasteiger charge is 2.49. The maximum absolute atomic E-state index is 12.1. The Kier molecular flexibility index (Phi) is 4.38. The molecule has 102 valence electrons. The molecule has 2 amide bonds. The van der Waals surface area contributed by atoms with E-state index < -0.39 is 0 Å². The number of nitrogens with one attached hydrogen (secondary N) is 1. The average molecular weight is 252 g/mol. The molecule has 3 unspecified atom stereocenters. The summed E-state index contributed by atoms with van der Waals surface area (Å²) in [4.78, 5) is 25.7. The van der Waals surface area contributed by atoms with Crippen molar-refractivity contribution >= 4 is 11.8 Å². The highest BCUT2D eigenvalue weighted by Crippen LogP contribution is 2.39. The van der Waals surface area contributed by atoms with E-state index in [1.54, 1.807) is 0 Å². The number of carbonyl (C=O) groups is 2. The number of hydrogen-bond donors (Lipinski definition) is 1. The van der Waals surface area contributed by atoms with Gasteiger partial charge in [0.2, 0.25) is 11.8 Å². The summed E-state index contributed by atoms with van der Waals surface area (Å²) in [6.45, 7) is 5.81. The number of likely N-dealkylation sites (tertiary alicyclic amines) is 1. The second-order valence-electron chi connectivity index (χ2n) is 5.57. The Bertz CT molecular complexity index is 308. The number of rotatable bonds is 6. The predicted octanol–water partition coefficient (Wildman–Crippen LogP) is 1.55. The molecule has 1 saturated heterocycles. The molecule has 1 aliphatic carbocycles. The number of fused-ring (bicyclic) bond motifs is 1. The summed E-state index contributed by atoms with van der Waals surface area (Å²) in [5, 5.41) is 3.34. The zero-order chi connectivity index (χ0) is 13.1. The highest BCUT2D eigenvalue weighted by atomic mass is 16.2. The highest BCUT2D eigenvalue weighted by molar-refractivity contribution is 6.05. The van der Waals surface area contributed by atoms with Gasteiger partial charge < -0.3 is 5.32 Å². The average Bonchev–Trinajstić information content (AvgIpc) is 2.89. The van der Waals surface area contributed by atoms with E-state index in [9.17, 15) is 9.59 Å². The lowest BCUT2D eigenvalue weighted by Crippen LogP contribution is -2.34. The van der Waals surface area contributed by atoms with Crippen LogP contribution in [0.1, 0.15) is 46.0 Å². The smallest absolute Gasteiger partial charge is 0.233 e. The van der Waals surface area contributed by atoms with E-state index in [4.69, 9.17) is 0 Å². The molecule has 1 N–H and O–H groups in total. The van der Waals surface area contributed by atoms with E-state index in [1.807, 2.05) is 0 Å². The Morgan fingerprint density at radius 3 is 2.44 bits per heavy atom. The third-order valence-electron chi connectivity index (χ3n) is 4.25. The van der Waals surface area contributed by atoms with Gasteiger partial charge in [-0.2, -0.15) is 0 Å². The van der Waals surface area contributed by atoms with Crippen molar-refractivity contribution in [1.82, 2.24) is 10.2 Å². The molecular weight excluding hydrogens is 228 g/mol. The lowest BCUT2D eigenvalue weighted by molar-refractivity contribution is -0.140. The molecule has 0 radical (unpaired) electrons. The largest absolute Gasteiger partial charge is 0.315 e. The summed E-state index contributed by atoms with van der Waals surface area (Å²) >= 11 is 0. The predicted molar refractivity (Wildman–Crippen MR) is 69.9 cm³/mol. The van der Waals surface area contributed by atoms with E-state index in [1.165, 1.54) is 4.90 Å². The lowest BCUT2D eigenvalue weighted by Gasteiger charge is -2.17. The van der Waals surface area contributed by atoms with Gasteiger partial charge in [-0.25, -0.2) is 0 Å². The van der Waals surface area contributed by atoms with Crippen molar-refractivity contribution in [2.24, 2.45) is 11.8 Å². The maximum Gasteiger partial charge on any atom is 0.233 e. The van der Waals surface area contributed by atoms with E-state index >= 15 is 0 Å². The summed E-state index contributed by atoms with van der Waals surface area (Å²) in [7, 11) is 0. The van der Waals surface area contributed by atoms with Crippen molar-refractivity contribution < 1.29 is 9.59 Å². The monoisotopic (exact) mass is 252 g/mol. The minimum absolute atomic E-state index is 0.0173. The molecule has 2 rings (SSSR count). The maximum atomic E-state index is 12.1. The minimum Gasteiger partial charge on any atom is -0.315 e. The van der Waals surface area contributed by atoms with Crippen molar-refractivity contribution in [3.63, 3.8) is 0 Å². The number of nitrogens with zero attached hydrogens (tertiary/aromatic N) is 1. The van der Waals surface area contributed by atoms with Crippen LogP contribution in [0.2, 0.25) is 0 Å². The quantitative estimate of drug-likeness (QED) is 0.730. The van der Waals surface area contributed by atoms with Crippen LogP contribution < -0.4 is 5.32 Å². The molecule has 0 aromatic carbocycles. The Labute approximate surface area is 109 Å². The van der Waals surface area contributed by atoms with Crippen molar-refractivity contribution in [3.8, 4) is 0 Å². The van der Waals surface area contributed by atoms with E-state index in [-0.39, 0.29) is 23.7 Å². The van der Waals surface area contributed by atoms with Gasteiger partial charge in [0, 0.05) is 12.6 Å². The molecule has 18 heavy (non-hydrogen) atoms. The molecule has 0 aromatic heterocycles. The molecule has 1 heterocycles. The number of hydrogen-bond acceptors (Lipinski definition) is 3. The van der Waals surface area contributed by atoms with Crippen molar-refractivity contribution in [1.29, 1.82) is 0 Å². The van der Waals surface area contributed by atoms with Gasteiger partial charge in [-0.1, -0.05) is 13.3 Å². The van der Waals surface area contributed by atoms with Crippen LogP contribution in [0.5, 0.6) is 0 Å². The van der Waals surface area contributed by atoms with Gasteiger partial charge in [0.05, 0.1) is 11.8 Å². The fraction of sp³-hybridized carbons (Fsp3) is 0.857. The Balaban J connectivity index is 1.80. The van der Waals surface area contributed by atoms with Gasteiger partial charge in [0.25, 0.3) is 0 Å². The second kappa shape index (κ2) is 5.83. The van der Waals surface area contributed by atoms with Crippen LogP contribution in [0.3, 0.4) is 0 Å². The van der Waals surface area contributed by atoms with Crippen LogP contribution in [-0.4, -0.2) is 35.8 Å². The van der Waals surface area contributed by atoms with Gasteiger partial charge in [-0.15, -0.1) is 0 Å². The summed E-state index contributed by atoms with van der Waals surface area (Å²) in [5.41, 5.74) is 0. The van der Waals surface area contributed by atoms with E-state index in [0.29, 0.717) is 12.6 Å². The zero-order valence-corrected chi connectivity index (χ0v) is 11.4. The van der Waals surface area contributed by atoms with E-state index in [2.05, 4.69) is 19.2 Å². The molecule has 1 saturated carbocycles. The van der Waals surface area contributed by atoms with Crippen LogP contribution in [0.4, 0.5) is 0 Å². The lowest BCUT2D eigenvalue weighted by atomic mass is 10.00. The fourth-order valence-electron chi connectivity index (χ4n) is 3.29. The summed E-state index contributed by atoms with van der Waals surface area (Å²) in [6, 6.07) is 0.460. The number of imide groups is 1. The summed E-state index contributed by atoms with van der Waals surface area (Å²) in [5.74, 6) is 0.226. The Hall–Kier alpha value is -0.900. The molecule has 3 atom stereocenters. The SMILES string of the molecule is CCNC(C)CCCN1C(=O)C2CCCC2C1=O. The van der Waals surface area contributed by atoms with Gasteiger partial charge in [0.1, 0.15) is 0 Å². The molecule has 4 heteroatoms. The first-order valence-electron chi connectivity index (χ1n) is 7.23. The summed E-state index contributed by atoms with van der Waals surface area (Å²) in [6.07, 6.45) is 4.79. The van der Waals surface area contributed by atoms with E-state index in [0.717, 1.165) is 38.6 Å². The molecule has 2 fully saturated rings. The van der Waals surface area contributed by atoms with Crippen molar-refractivity contribution in [2.45, 2.75) is 52.0 Å². The van der Waals surface area contributed by atoms with Gasteiger partial charge in [-0.3, -0.25) is 14.5 Å². The standard InChI is InChI=1S/C14H24N2O2/c1-3-15-10(2)6-5-9-16-13(17)11-7-4-8-12(11)14(16)18/h10-12,15H,3-9H2,1-2H3. The van der Waals surface area contributed by atoms with Crippen LogP contribution in [0, 0.1) is 11.8 Å². The summed E-state index contributed by atoms with van der Waals surface area (Å²) < 4.78 is 0. The molecule has 2 aliphatic rings. The number of carbonyl (C=O) groups excluding carboxylic acids is 2. The molecule has 0 spiro atoms. The number of amides is 2. The second-order valence-corrected chi connectivity index (χ2v) is 5.57. The molecule has 0 aromatic rings. The van der Waals surface area contributed by atoms with Gasteiger partial charge in [0.15, 0.2) is 0 Å². The van der Waals surface area contributed by atoms with Crippen molar-refractivity contribution in [3.05, 3.63) is 0 Å².